The van der Waals surface area contributed by atoms with Crippen LogP contribution in [0.3, 0.4) is 0 Å². The average molecular weight is 468 g/mol. The fourth-order valence-corrected chi connectivity index (χ4v) is 6.86. The molecule has 2 atom stereocenters. The van der Waals surface area contributed by atoms with E-state index in [4.69, 9.17) is 9.47 Å². The number of carbonyl (C=O) groups is 1. The van der Waals surface area contributed by atoms with E-state index in [9.17, 15) is 4.79 Å². The summed E-state index contributed by atoms with van der Waals surface area (Å²) in [6.45, 7) is 5.18. The van der Waals surface area contributed by atoms with Crippen LogP contribution in [0.1, 0.15) is 39.5 Å². The van der Waals surface area contributed by atoms with Gasteiger partial charge in [0.25, 0.3) is 0 Å². The molecule has 33 heavy (non-hydrogen) atoms. The first-order valence-corrected chi connectivity index (χ1v) is 12.8. The number of carbonyl (C=O) groups excluding carboxylic acids is 1. The van der Waals surface area contributed by atoms with Crippen molar-refractivity contribution in [2.24, 2.45) is 0 Å². The third-order valence-electron chi connectivity index (χ3n) is 7.51. The Morgan fingerprint density at radius 2 is 1.79 bits per heavy atom. The van der Waals surface area contributed by atoms with Crippen LogP contribution >= 0.6 is 11.8 Å². The molecular formula is C26H33N3O3S. The number of hydrogen-bond donors (Lipinski definition) is 0. The van der Waals surface area contributed by atoms with Gasteiger partial charge in [0.15, 0.2) is 0 Å². The van der Waals surface area contributed by atoms with Gasteiger partial charge in [-0.2, -0.15) is 0 Å². The Morgan fingerprint density at radius 3 is 2.45 bits per heavy atom. The van der Waals surface area contributed by atoms with Crippen LogP contribution in [0.2, 0.25) is 0 Å². The van der Waals surface area contributed by atoms with Gasteiger partial charge >= 0.3 is 6.09 Å². The van der Waals surface area contributed by atoms with Crippen LogP contribution < -0.4 is 14.4 Å². The molecule has 0 aromatic heterocycles. The van der Waals surface area contributed by atoms with Gasteiger partial charge in [0.1, 0.15) is 11.5 Å². The summed E-state index contributed by atoms with van der Waals surface area (Å²) < 4.78 is 11.5. The molecule has 2 saturated heterocycles. The van der Waals surface area contributed by atoms with Crippen LogP contribution in [0.4, 0.5) is 16.2 Å². The summed E-state index contributed by atoms with van der Waals surface area (Å²) >= 11 is 1.70. The second-order valence-corrected chi connectivity index (χ2v) is 10.2. The van der Waals surface area contributed by atoms with E-state index >= 15 is 0 Å². The molecule has 0 aliphatic carbocycles. The van der Waals surface area contributed by atoms with E-state index in [1.54, 1.807) is 23.8 Å². The smallest absolute Gasteiger partial charge is 0.415 e. The lowest BCUT2D eigenvalue weighted by Gasteiger charge is -2.45. The van der Waals surface area contributed by atoms with Gasteiger partial charge in [-0.15, -0.1) is 0 Å². The minimum atomic E-state index is -0.303. The standard InChI is InChI=1S/C26H33N3O3S/c1-5-28(6-2)26(30)32-20-12-13-21-24(16-20)33-25-22(8-7-9-23(25)31-4)29(21)19-14-17-10-11-18(15-19)27(17)3/h7-9,12-13,16-19H,5-6,10-11,14-15H2,1-4H3. The molecule has 1 amide bonds. The van der Waals surface area contributed by atoms with Crippen molar-refractivity contribution in [2.45, 2.75) is 67.4 Å². The Hall–Kier alpha value is -2.38. The van der Waals surface area contributed by atoms with E-state index in [1.165, 1.54) is 24.2 Å². The molecule has 2 fully saturated rings. The lowest BCUT2D eigenvalue weighted by Crippen LogP contribution is -2.48. The van der Waals surface area contributed by atoms with Crippen molar-refractivity contribution in [3.63, 3.8) is 0 Å². The average Bonchev–Trinajstić information content (AvgIpc) is 3.02. The van der Waals surface area contributed by atoms with Crippen LogP contribution in [-0.4, -0.2) is 61.3 Å². The monoisotopic (exact) mass is 467 g/mol. The number of nitrogens with zero attached hydrogens (tertiary/aromatic N) is 3. The molecule has 3 aliphatic rings. The minimum Gasteiger partial charge on any atom is -0.495 e. The highest BCUT2D eigenvalue weighted by Crippen LogP contribution is 2.55. The Balaban J connectivity index is 1.52. The minimum absolute atomic E-state index is 0.303. The lowest BCUT2D eigenvalue weighted by molar-refractivity contribution is 0.157. The number of benzene rings is 2. The lowest BCUT2D eigenvalue weighted by atomic mass is 9.95. The van der Waals surface area contributed by atoms with Crippen molar-refractivity contribution in [2.75, 3.05) is 32.1 Å². The fraction of sp³-hybridized carbons (Fsp3) is 0.500. The van der Waals surface area contributed by atoms with Crippen LogP contribution in [0.5, 0.6) is 11.5 Å². The fourth-order valence-electron chi connectivity index (χ4n) is 5.67. The number of hydrogen-bond acceptors (Lipinski definition) is 6. The number of amides is 1. The summed E-state index contributed by atoms with van der Waals surface area (Å²) in [5.74, 6) is 1.47. The summed E-state index contributed by atoms with van der Waals surface area (Å²) in [4.78, 5) is 21.5. The van der Waals surface area contributed by atoms with E-state index in [0.717, 1.165) is 28.4 Å². The Morgan fingerprint density at radius 1 is 1.06 bits per heavy atom. The normalized spacial score (nSPS) is 23.6. The third-order valence-corrected chi connectivity index (χ3v) is 8.67. The summed E-state index contributed by atoms with van der Waals surface area (Å²) in [6.07, 6.45) is 4.60. The predicted octanol–water partition coefficient (Wildman–Crippen LogP) is 5.76. The van der Waals surface area contributed by atoms with E-state index in [1.807, 2.05) is 32.0 Å². The quantitative estimate of drug-likeness (QED) is 0.557. The van der Waals surface area contributed by atoms with Gasteiger partial charge < -0.3 is 24.2 Å². The number of rotatable bonds is 5. The number of methoxy groups -OCH3 is 1. The van der Waals surface area contributed by atoms with Crippen molar-refractivity contribution < 1.29 is 14.3 Å². The molecule has 3 heterocycles. The molecule has 7 heteroatoms. The maximum Gasteiger partial charge on any atom is 0.415 e. The maximum atomic E-state index is 12.5. The van der Waals surface area contributed by atoms with Crippen LogP contribution in [-0.2, 0) is 0 Å². The highest BCUT2D eigenvalue weighted by atomic mass is 32.2. The highest BCUT2D eigenvalue weighted by molar-refractivity contribution is 7.99. The summed E-state index contributed by atoms with van der Waals surface area (Å²) in [5.41, 5.74) is 2.41. The zero-order valence-electron chi connectivity index (χ0n) is 19.9. The Labute approximate surface area is 200 Å². The zero-order chi connectivity index (χ0) is 23.1. The molecule has 0 radical (unpaired) electrons. The van der Waals surface area contributed by atoms with E-state index < -0.39 is 0 Å². The van der Waals surface area contributed by atoms with E-state index in [-0.39, 0.29) is 6.09 Å². The van der Waals surface area contributed by atoms with E-state index in [0.29, 0.717) is 37.0 Å². The molecular weight excluding hydrogens is 434 g/mol. The predicted molar refractivity (Wildman–Crippen MR) is 132 cm³/mol. The molecule has 5 rings (SSSR count). The van der Waals surface area contributed by atoms with Crippen molar-refractivity contribution in [3.05, 3.63) is 36.4 Å². The molecule has 2 aromatic carbocycles. The van der Waals surface area contributed by atoms with Crippen LogP contribution in [0.15, 0.2) is 46.2 Å². The van der Waals surface area contributed by atoms with Crippen molar-refractivity contribution in [1.29, 1.82) is 0 Å². The molecule has 0 saturated carbocycles. The largest absolute Gasteiger partial charge is 0.495 e. The topological polar surface area (TPSA) is 45.3 Å². The number of anilines is 2. The number of ether oxygens (including phenoxy) is 2. The maximum absolute atomic E-state index is 12.5. The molecule has 2 aromatic rings. The first-order valence-electron chi connectivity index (χ1n) is 12.0. The molecule has 2 unspecified atom stereocenters. The first-order chi connectivity index (χ1) is 16.0. The highest BCUT2D eigenvalue weighted by Gasteiger charge is 2.42. The molecule has 176 valence electrons. The second-order valence-electron chi connectivity index (χ2n) is 9.13. The van der Waals surface area contributed by atoms with Crippen LogP contribution in [0.25, 0.3) is 0 Å². The summed E-state index contributed by atoms with van der Waals surface area (Å²) in [5, 5.41) is 0. The first kappa shape index (κ1) is 22.4. The molecule has 0 spiro atoms. The molecule has 2 bridgehead atoms. The van der Waals surface area contributed by atoms with Crippen molar-refractivity contribution >= 4 is 29.2 Å². The zero-order valence-corrected chi connectivity index (χ0v) is 20.7. The molecule has 0 N–H and O–H groups in total. The molecule has 3 aliphatic heterocycles. The second kappa shape index (κ2) is 9.11. The number of fused-ring (bicyclic) bond motifs is 4. The van der Waals surface area contributed by atoms with E-state index in [2.05, 4.69) is 35.0 Å². The van der Waals surface area contributed by atoms with Crippen molar-refractivity contribution in [1.82, 2.24) is 9.80 Å². The van der Waals surface area contributed by atoms with Gasteiger partial charge in [-0.3, -0.25) is 0 Å². The SMILES string of the molecule is CCN(CC)C(=O)Oc1ccc2c(c1)Sc1c(OC)cccc1N2C1CC2CCC(C1)N2C. The summed E-state index contributed by atoms with van der Waals surface area (Å²) in [6, 6.07) is 14.1. The number of piperidine rings is 1. The molecule has 6 nitrogen and oxygen atoms in total. The Kier molecular flexibility index (Phi) is 6.18. The van der Waals surface area contributed by atoms with Gasteiger partial charge in [0.2, 0.25) is 0 Å². The van der Waals surface area contributed by atoms with Gasteiger partial charge in [0.05, 0.1) is 23.4 Å². The van der Waals surface area contributed by atoms with Gasteiger partial charge in [0, 0.05) is 36.1 Å². The van der Waals surface area contributed by atoms with Crippen LogP contribution in [0, 0.1) is 0 Å². The third kappa shape index (κ3) is 3.95. The van der Waals surface area contributed by atoms with Gasteiger partial charge in [-0.25, -0.2) is 4.79 Å². The van der Waals surface area contributed by atoms with Gasteiger partial charge in [-0.05, 0) is 76.9 Å². The Bertz CT molecular complexity index is 1030. The van der Waals surface area contributed by atoms with Crippen molar-refractivity contribution in [3.8, 4) is 11.5 Å². The summed E-state index contributed by atoms with van der Waals surface area (Å²) in [7, 11) is 4.01. The van der Waals surface area contributed by atoms with Gasteiger partial charge in [-0.1, -0.05) is 17.8 Å².